The molecule has 0 aliphatic carbocycles. The Morgan fingerprint density at radius 2 is 1.89 bits per heavy atom. The van der Waals surface area contributed by atoms with E-state index >= 15 is 0 Å². The maximum absolute atomic E-state index is 3.67. The zero-order valence-electron chi connectivity index (χ0n) is 11.4. The molecule has 0 saturated carbocycles. The first-order valence-corrected chi connectivity index (χ1v) is 9.21. The smallest absolute Gasteiger partial charge is 0.0701 e. The van der Waals surface area contributed by atoms with Crippen LogP contribution >= 0.6 is 38.6 Å². The van der Waals surface area contributed by atoms with Crippen LogP contribution in [0.3, 0.4) is 0 Å². The Morgan fingerprint density at radius 1 is 1.11 bits per heavy atom. The molecule has 0 radical (unpaired) electrons. The summed E-state index contributed by atoms with van der Waals surface area (Å²) in [4.78, 5) is 4.39. The van der Waals surface area contributed by atoms with Gasteiger partial charge in [-0.15, -0.1) is 22.7 Å². The summed E-state index contributed by atoms with van der Waals surface area (Å²) in [5.74, 6) is 0. The van der Waals surface area contributed by atoms with Crippen LogP contribution in [-0.2, 0) is 12.8 Å². The largest absolute Gasteiger partial charge is 0.309 e. The lowest BCUT2D eigenvalue weighted by Gasteiger charge is -2.16. The molecule has 1 unspecified atom stereocenters. The Balaban J connectivity index is 2.09. The molecule has 19 heavy (non-hydrogen) atoms. The summed E-state index contributed by atoms with van der Waals surface area (Å²) in [6.07, 6.45) is 3.41. The molecule has 0 saturated heterocycles. The van der Waals surface area contributed by atoms with Gasteiger partial charge in [0.2, 0.25) is 0 Å². The summed E-state index contributed by atoms with van der Waals surface area (Å²) in [6, 6.07) is 9.37. The first kappa shape index (κ1) is 15.2. The van der Waals surface area contributed by atoms with Crippen LogP contribution in [0.1, 0.15) is 40.9 Å². The molecule has 0 aliphatic rings. The molecule has 2 rings (SSSR count). The minimum absolute atomic E-state index is 0.444. The van der Waals surface area contributed by atoms with Crippen molar-refractivity contribution in [2.75, 3.05) is 6.54 Å². The second kappa shape index (κ2) is 7.58. The van der Waals surface area contributed by atoms with Gasteiger partial charge in [0.1, 0.15) is 0 Å². The van der Waals surface area contributed by atoms with Crippen LogP contribution in [0.25, 0.3) is 0 Å². The minimum atomic E-state index is 0.444. The molecule has 2 aromatic rings. The Hall–Kier alpha value is -0.160. The number of hydrogen-bond acceptors (Lipinski definition) is 3. The molecular formula is C15H20BrNS2. The van der Waals surface area contributed by atoms with Crippen molar-refractivity contribution in [3.05, 3.63) is 42.7 Å². The van der Waals surface area contributed by atoms with Crippen molar-refractivity contribution >= 4 is 38.6 Å². The van der Waals surface area contributed by atoms with Crippen LogP contribution in [0.15, 0.2) is 28.1 Å². The third-order valence-corrected chi connectivity index (χ3v) is 6.04. The minimum Gasteiger partial charge on any atom is -0.309 e. The molecule has 4 heteroatoms. The van der Waals surface area contributed by atoms with Gasteiger partial charge in [-0.1, -0.05) is 13.8 Å². The van der Waals surface area contributed by atoms with E-state index < -0.39 is 0 Å². The van der Waals surface area contributed by atoms with Crippen molar-refractivity contribution < 1.29 is 0 Å². The average molecular weight is 358 g/mol. The van der Waals surface area contributed by atoms with Crippen LogP contribution < -0.4 is 5.32 Å². The third kappa shape index (κ3) is 4.42. The second-order valence-corrected chi connectivity index (χ2v) is 8.32. The van der Waals surface area contributed by atoms with Crippen LogP contribution in [0.4, 0.5) is 0 Å². The summed E-state index contributed by atoms with van der Waals surface area (Å²) in [5, 5.41) is 3.67. The number of rotatable bonds is 7. The Morgan fingerprint density at radius 3 is 2.47 bits per heavy atom. The molecular weight excluding hydrogens is 338 g/mol. The van der Waals surface area contributed by atoms with Gasteiger partial charge in [0.15, 0.2) is 0 Å². The van der Waals surface area contributed by atoms with E-state index in [0.29, 0.717) is 6.04 Å². The van der Waals surface area contributed by atoms with Gasteiger partial charge in [-0.3, -0.25) is 0 Å². The lowest BCUT2D eigenvalue weighted by atomic mass is 10.1. The fraction of sp³-hybridized carbons (Fsp3) is 0.467. The molecule has 0 aromatic carbocycles. The molecule has 1 nitrogen and oxygen atoms in total. The van der Waals surface area contributed by atoms with Gasteiger partial charge in [0.05, 0.1) is 3.79 Å². The van der Waals surface area contributed by atoms with Gasteiger partial charge < -0.3 is 5.32 Å². The quantitative estimate of drug-likeness (QED) is 0.697. The first-order valence-electron chi connectivity index (χ1n) is 6.79. The van der Waals surface area contributed by atoms with E-state index in [9.17, 15) is 0 Å². The molecule has 2 heterocycles. The lowest BCUT2D eigenvalue weighted by molar-refractivity contribution is 0.539. The summed E-state index contributed by atoms with van der Waals surface area (Å²) in [7, 11) is 0. The molecule has 0 bridgehead atoms. The standard InChI is InChI=1S/C15H20BrNS2/c1-3-9-17-13(14-7-8-15(16)19-14)10-12-6-5-11(4-2)18-12/h5-8,13,17H,3-4,9-10H2,1-2H3. The van der Waals surface area contributed by atoms with Crippen LogP contribution in [0.5, 0.6) is 0 Å². The Bertz CT molecular complexity index is 504. The lowest BCUT2D eigenvalue weighted by Crippen LogP contribution is -2.22. The molecule has 0 amide bonds. The van der Waals surface area contributed by atoms with Crippen LogP contribution in [0, 0.1) is 0 Å². The van der Waals surface area contributed by atoms with Gasteiger partial charge in [-0.2, -0.15) is 0 Å². The van der Waals surface area contributed by atoms with Crippen molar-refractivity contribution in [3.63, 3.8) is 0 Å². The van der Waals surface area contributed by atoms with Gasteiger partial charge in [-0.05, 0) is 59.6 Å². The number of thiophene rings is 2. The molecule has 1 atom stereocenters. The molecule has 0 spiro atoms. The highest BCUT2D eigenvalue weighted by Crippen LogP contribution is 2.31. The van der Waals surface area contributed by atoms with Crippen molar-refractivity contribution in [3.8, 4) is 0 Å². The number of nitrogens with one attached hydrogen (secondary N) is 1. The molecule has 104 valence electrons. The summed E-state index contributed by atoms with van der Waals surface area (Å²) >= 11 is 7.35. The van der Waals surface area contributed by atoms with Crippen molar-refractivity contribution in [2.45, 2.75) is 39.2 Å². The fourth-order valence-corrected chi connectivity index (χ4v) is 4.53. The highest BCUT2D eigenvalue weighted by atomic mass is 79.9. The van der Waals surface area contributed by atoms with Gasteiger partial charge in [0.25, 0.3) is 0 Å². The molecule has 0 fully saturated rings. The number of halogens is 1. The van der Waals surface area contributed by atoms with E-state index in [4.69, 9.17) is 0 Å². The Labute approximate surface area is 132 Å². The van der Waals surface area contributed by atoms with Crippen molar-refractivity contribution in [1.29, 1.82) is 0 Å². The maximum atomic E-state index is 3.67. The number of hydrogen-bond donors (Lipinski definition) is 1. The predicted molar refractivity (Wildman–Crippen MR) is 90.5 cm³/mol. The SMILES string of the molecule is CCCNC(Cc1ccc(CC)s1)c1ccc(Br)s1. The average Bonchev–Trinajstić information content (AvgIpc) is 3.03. The second-order valence-electron chi connectivity index (χ2n) is 4.57. The zero-order chi connectivity index (χ0) is 13.7. The summed E-state index contributed by atoms with van der Waals surface area (Å²) < 4.78 is 1.21. The Kier molecular flexibility index (Phi) is 6.07. The van der Waals surface area contributed by atoms with E-state index in [1.807, 2.05) is 22.7 Å². The van der Waals surface area contributed by atoms with Gasteiger partial charge >= 0.3 is 0 Å². The third-order valence-electron chi connectivity index (χ3n) is 3.05. The highest BCUT2D eigenvalue weighted by Gasteiger charge is 2.14. The number of aryl methyl sites for hydroxylation is 1. The summed E-state index contributed by atoms with van der Waals surface area (Å²) in [5.41, 5.74) is 0. The normalized spacial score (nSPS) is 12.8. The van der Waals surface area contributed by atoms with Gasteiger partial charge in [-0.25, -0.2) is 0 Å². The maximum Gasteiger partial charge on any atom is 0.0701 e. The van der Waals surface area contributed by atoms with Crippen molar-refractivity contribution in [1.82, 2.24) is 5.32 Å². The molecule has 2 aromatic heterocycles. The van der Waals surface area contributed by atoms with E-state index in [1.54, 1.807) is 0 Å². The molecule has 0 aliphatic heterocycles. The topological polar surface area (TPSA) is 12.0 Å². The van der Waals surface area contributed by atoms with E-state index in [0.717, 1.165) is 19.4 Å². The van der Waals surface area contributed by atoms with Crippen LogP contribution in [0.2, 0.25) is 0 Å². The first-order chi connectivity index (χ1) is 9.22. The highest BCUT2D eigenvalue weighted by molar-refractivity contribution is 9.11. The monoisotopic (exact) mass is 357 g/mol. The van der Waals surface area contributed by atoms with E-state index in [2.05, 4.69) is 59.4 Å². The van der Waals surface area contributed by atoms with E-state index in [-0.39, 0.29) is 0 Å². The zero-order valence-corrected chi connectivity index (χ0v) is 14.6. The van der Waals surface area contributed by atoms with Gasteiger partial charge in [0, 0.05) is 27.1 Å². The summed E-state index contributed by atoms with van der Waals surface area (Å²) in [6.45, 7) is 5.51. The predicted octanol–water partition coefficient (Wildman–Crippen LogP) is 5.42. The van der Waals surface area contributed by atoms with E-state index in [1.165, 1.54) is 24.8 Å². The molecule has 1 N–H and O–H groups in total. The van der Waals surface area contributed by atoms with Crippen LogP contribution in [-0.4, -0.2) is 6.54 Å². The fourth-order valence-electron chi connectivity index (χ4n) is 2.03. The van der Waals surface area contributed by atoms with Crippen molar-refractivity contribution in [2.24, 2.45) is 0 Å².